The van der Waals surface area contributed by atoms with Gasteiger partial charge in [0, 0.05) is 0 Å². The molecule has 30 heavy (non-hydrogen) atoms. The first-order chi connectivity index (χ1) is 14.8. The quantitative estimate of drug-likeness (QED) is 0.265. The first-order valence-electron chi connectivity index (χ1n) is 9.32. The lowest BCUT2D eigenvalue weighted by atomic mass is 10.3. The summed E-state index contributed by atoms with van der Waals surface area (Å²) in [6.07, 6.45) is 1.69. The van der Waals surface area contributed by atoms with E-state index in [2.05, 4.69) is 35.7 Å². The molecule has 6 aromatic rings. The molecule has 0 aliphatic carbocycles. The van der Waals surface area contributed by atoms with Gasteiger partial charge in [-0.05, 0) is 72.1 Å². The van der Waals surface area contributed by atoms with Crippen LogP contribution in [-0.2, 0) is 0 Å². The molecule has 3 nitrogen and oxygen atoms in total. The molecule has 0 unspecified atom stereocenters. The maximum absolute atomic E-state index is 6.16. The molecule has 0 amide bonds. The first-order valence-corrected chi connectivity index (χ1v) is 11.8. The molecule has 6 heterocycles. The molecular weight excluding hydrogens is 432 g/mol. The van der Waals surface area contributed by atoms with Crippen molar-refractivity contribution in [1.29, 1.82) is 0 Å². The molecule has 0 fully saturated rings. The Balaban J connectivity index is 1.26. The third-order valence-electron chi connectivity index (χ3n) is 4.68. The lowest BCUT2D eigenvalue weighted by Crippen LogP contribution is -1.64. The fraction of sp³-hybridized carbons (Fsp3) is 0. The second kappa shape index (κ2) is 7.32. The lowest BCUT2D eigenvalue weighted by molar-refractivity contribution is 0.584. The van der Waals surface area contributed by atoms with E-state index >= 15 is 0 Å². The van der Waals surface area contributed by atoms with Crippen LogP contribution < -0.4 is 0 Å². The van der Waals surface area contributed by atoms with Crippen molar-refractivity contribution in [3.05, 3.63) is 84.4 Å². The summed E-state index contributed by atoms with van der Waals surface area (Å²) in [7, 11) is 0. The molecule has 6 heteroatoms. The van der Waals surface area contributed by atoms with Crippen LogP contribution in [0.4, 0.5) is 0 Å². The number of hydrogen-bond donors (Lipinski definition) is 0. The van der Waals surface area contributed by atoms with Crippen molar-refractivity contribution in [3.63, 3.8) is 0 Å². The molecule has 0 aromatic carbocycles. The molecule has 6 aromatic heterocycles. The second-order valence-corrected chi connectivity index (χ2v) is 9.73. The highest BCUT2D eigenvalue weighted by Gasteiger charge is 2.15. The van der Waals surface area contributed by atoms with Crippen LogP contribution >= 0.6 is 34.0 Å². The summed E-state index contributed by atoms with van der Waals surface area (Å²) in [6.45, 7) is 0. The molecule has 0 radical (unpaired) electrons. The molecule has 0 aliphatic heterocycles. The Morgan fingerprint density at radius 3 is 1.47 bits per heavy atom. The zero-order valence-electron chi connectivity index (χ0n) is 15.5. The van der Waals surface area contributed by atoms with E-state index in [4.69, 9.17) is 13.3 Å². The van der Waals surface area contributed by atoms with Crippen molar-refractivity contribution < 1.29 is 13.3 Å². The van der Waals surface area contributed by atoms with Crippen LogP contribution in [-0.4, -0.2) is 0 Å². The zero-order chi connectivity index (χ0) is 19.9. The zero-order valence-corrected chi connectivity index (χ0v) is 18.0. The van der Waals surface area contributed by atoms with Gasteiger partial charge in [-0.3, -0.25) is 0 Å². The van der Waals surface area contributed by atoms with Crippen molar-refractivity contribution in [2.45, 2.75) is 0 Å². The van der Waals surface area contributed by atoms with E-state index in [1.165, 1.54) is 0 Å². The van der Waals surface area contributed by atoms with Gasteiger partial charge in [-0.25, -0.2) is 0 Å². The van der Waals surface area contributed by atoms with Crippen LogP contribution in [0.25, 0.3) is 53.2 Å². The Morgan fingerprint density at radius 2 is 1.00 bits per heavy atom. The van der Waals surface area contributed by atoms with Crippen molar-refractivity contribution in [3.8, 4) is 53.2 Å². The van der Waals surface area contributed by atoms with Crippen LogP contribution in [0.2, 0.25) is 0 Å². The summed E-state index contributed by atoms with van der Waals surface area (Å²) in [6, 6.07) is 24.4. The molecular formula is C24H14O3S3. The summed E-state index contributed by atoms with van der Waals surface area (Å²) in [5.41, 5.74) is 0. The van der Waals surface area contributed by atoms with Gasteiger partial charge >= 0.3 is 0 Å². The molecule has 0 N–H and O–H groups in total. The topological polar surface area (TPSA) is 39.4 Å². The van der Waals surface area contributed by atoms with Gasteiger partial charge in [-0.1, -0.05) is 6.07 Å². The molecule has 0 bridgehead atoms. The summed E-state index contributed by atoms with van der Waals surface area (Å²) in [5.74, 6) is 4.38. The minimum absolute atomic E-state index is 0.860. The fourth-order valence-corrected chi connectivity index (χ4v) is 5.80. The van der Waals surface area contributed by atoms with Crippen molar-refractivity contribution in [2.24, 2.45) is 0 Å². The van der Waals surface area contributed by atoms with E-state index < -0.39 is 0 Å². The second-order valence-electron chi connectivity index (χ2n) is 6.61. The summed E-state index contributed by atoms with van der Waals surface area (Å²) >= 11 is 5.00. The Labute approximate surface area is 184 Å². The minimum atomic E-state index is 0.860. The molecule has 0 aliphatic rings. The smallest absolute Gasteiger partial charge is 0.144 e. The maximum atomic E-state index is 6.16. The van der Waals surface area contributed by atoms with Crippen molar-refractivity contribution >= 4 is 34.0 Å². The van der Waals surface area contributed by atoms with E-state index in [0.717, 1.165) is 53.2 Å². The third-order valence-corrected chi connectivity index (χ3v) is 7.79. The Kier molecular flexibility index (Phi) is 4.34. The average molecular weight is 447 g/mol. The predicted octanol–water partition coefficient (Wildman–Crippen LogP) is 8.99. The van der Waals surface area contributed by atoms with E-state index in [-0.39, 0.29) is 0 Å². The van der Waals surface area contributed by atoms with Gasteiger partial charge in [-0.2, -0.15) is 0 Å². The van der Waals surface area contributed by atoms with E-state index in [1.54, 1.807) is 40.3 Å². The van der Waals surface area contributed by atoms with Gasteiger partial charge in [0.25, 0.3) is 0 Å². The predicted molar refractivity (Wildman–Crippen MR) is 124 cm³/mol. The molecule has 0 spiro atoms. The molecule has 0 saturated heterocycles. The highest BCUT2D eigenvalue weighted by molar-refractivity contribution is 7.19. The molecule has 6 rings (SSSR count). The summed E-state index contributed by atoms with van der Waals surface area (Å²) in [5, 5.41) is 2.06. The first kappa shape index (κ1) is 17.8. The molecule has 146 valence electrons. The molecule has 0 atom stereocenters. The normalized spacial score (nSPS) is 11.3. The van der Waals surface area contributed by atoms with Crippen LogP contribution in [0.1, 0.15) is 0 Å². The largest absolute Gasteiger partial charge is 0.464 e. The molecule has 0 saturated carbocycles. The van der Waals surface area contributed by atoms with Crippen LogP contribution in [0.5, 0.6) is 0 Å². The van der Waals surface area contributed by atoms with E-state index in [1.807, 2.05) is 42.5 Å². The monoisotopic (exact) mass is 446 g/mol. The van der Waals surface area contributed by atoms with Crippen LogP contribution in [0, 0.1) is 0 Å². The van der Waals surface area contributed by atoms with Gasteiger partial charge in [0.1, 0.15) is 28.8 Å². The highest BCUT2D eigenvalue weighted by Crippen LogP contribution is 2.41. The van der Waals surface area contributed by atoms with Gasteiger partial charge in [0.2, 0.25) is 0 Å². The van der Waals surface area contributed by atoms with Gasteiger partial charge in [-0.15, -0.1) is 34.0 Å². The van der Waals surface area contributed by atoms with E-state index in [0.29, 0.717) is 0 Å². The number of hydrogen-bond acceptors (Lipinski definition) is 6. The number of rotatable bonds is 5. The summed E-state index contributed by atoms with van der Waals surface area (Å²) in [4.78, 5) is 5.47. The minimum Gasteiger partial charge on any atom is -0.464 e. The van der Waals surface area contributed by atoms with Crippen molar-refractivity contribution in [1.82, 2.24) is 0 Å². The Hall–Kier alpha value is -3.06. The standard InChI is InChI=1S/C24H14O3S3/c1-3-15(25-13-1)21-9-10-22(29-21)18-7-8-19(27-18)24-12-11-23(30-24)17-6-5-16(26-17)20-4-2-14-28-20/h1-14H. The van der Waals surface area contributed by atoms with Crippen LogP contribution in [0.3, 0.4) is 0 Å². The third kappa shape index (κ3) is 3.19. The number of furan rings is 3. The fourth-order valence-electron chi connectivity index (χ4n) is 3.25. The highest BCUT2D eigenvalue weighted by atomic mass is 32.1. The van der Waals surface area contributed by atoms with Gasteiger partial charge < -0.3 is 13.3 Å². The van der Waals surface area contributed by atoms with E-state index in [9.17, 15) is 0 Å². The number of thiophene rings is 3. The van der Waals surface area contributed by atoms with Crippen molar-refractivity contribution in [2.75, 3.05) is 0 Å². The van der Waals surface area contributed by atoms with Gasteiger partial charge in [0.05, 0.1) is 30.6 Å². The summed E-state index contributed by atoms with van der Waals surface area (Å²) < 4.78 is 17.7. The van der Waals surface area contributed by atoms with Crippen LogP contribution in [0.15, 0.2) is 97.7 Å². The maximum Gasteiger partial charge on any atom is 0.144 e. The van der Waals surface area contributed by atoms with Gasteiger partial charge in [0.15, 0.2) is 0 Å². The Morgan fingerprint density at radius 1 is 0.467 bits per heavy atom. The SMILES string of the molecule is c1coc(-c2ccc(-c3ccc(-c4ccc(-c5ccc(-c6cccs6)o5)s4)o3)s2)c1. The average Bonchev–Trinajstić information content (AvgIpc) is 3.62. The Bertz CT molecular complexity index is 1280. The lowest BCUT2D eigenvalue weighted by Gasteiger charge is -1.93.